The van der Waals surface area contributed by atoms with E-state index in [1.807, 2.05) is 4.90 Å². The molecule has 0 atom stereocenters. The van der Waals surface area contributed by atoms with E-state index in [-0.39, 0.29) is 0 Å². The van der Waals surface area contributed by atoms with E-state index in [2.05, 4.69) is 13.3 Å². The quantitative estimate of drug-likeness (QED) is 0.489. The van der Waals surface area contributed by atoms with Crippen LogP contribution in [0.15, 0.2) is 0 Å². The number of carbonyl (C=O) groups excluding carboxylic acids is 1. The molecule has 1 saturated carbocycles. The number of nitrogens with zero attached hydrogens (tertiary/aromatic N) is 1. The van der Waals surface area contributed by atoms with Gasteiger partial charge in [0.15, 0.2) is 0 Å². The molecule has 14 heavy (non-hydrogen) atoms. The second kappa shape index (κ2) is 6.86. The van der Waals surface area contributed by atoms with E-state index in [9.17, 15) is 4.79 Å². The van der Waals surface area contributed by atoms with Gasteiger partial charge in [-0.15, -0.1) is 0 Å². The third kappa shape index (κ3) is 3.69. The van der Waals surface area contributed by atoms with Gasteiger partial charge >= 0.3 is 6.41 Å². The average molecular weight is 196 g/mol. The molecule has 0 aromatic rings. The molecule has 1 amide bonds. The molecule has 0 unspecified atom stereocenters. The molecule has 0 spiro atoms. The molecule has 0 aromatic heterocycles. The summed E-state index contributed by atoms with van der Waals surface area (Å²) in [5, 5.41) is 0. The van der Waals surface area contributed by atoms with Crippen molar-refractivity contribution in [1.29, 1.82) is 0 Å². The van der Waals surface area contributed by atoms with Crippen LogP contribution in [0.1, 0.15) is 58.3 Å². The molecular weight excluding hydrogens is 174 g/mol. The van der Waals surface area contributed by atoms with Crippen LogP contribution in [-0.2, 0) is 4.79 Å². The van der Waals surface area contributed by atoms with E-state index in [1.54, 1.807) is 0 Å². The Morgan fingerprint density at radius 2 is 1.86 bits per heavy atom. The molecular formula is C12H22NO. The van der Waals surface area contributed by atoms with Crippen molar-refractivity contribution in [2.45, 2.75) is 64.3 Å². The summed E-state index contributed by atoms with van der Waals surface area (Å²) in [6.07, 6.45) is 12.0. The lowest BCUT2D eigenvalue weighted by Crippen LogP contribution is -2.34. The molecule has 1 aliphatic carbocycles. The van der Waals surface area contributed by atoms with Crippen molar-refractivity contribution in [3.05, 3.63) is 0 Å². The van der Waals surface area contributed by atoms with Gasteiger partial charge in [0.2, 0.25) is 0 Å². The van der Waals surface area contributed by atoms with Crippen molar-refractivity contribution < 1.29 is 4.79 Å². The minimum Gasteiger partial charge on any atom is -0.331 e. The van der Waals surface area contributed by atoms with Crippen molar-refractivity contribution in [1.82, 2.24) is 4.90 Å². The zero-order chi connectivity index (χ0) is 10.2. The number of hydrogen-bond donors (Lipinski definition) is 0. The predicted octanol–water partition coefficient (Wildman–Crippen LogP) is 2.88. The standard InChI is InChI=1S/C12H22NO/c1-2-3-10-13(11-14)12-8-6-4-5-7-9-12/h12H,2-10H2,1H3. The Morgan fingerprint density at radius 1 is 1.21 bits per heavy atom. The highest BCUT2D eigenvalue weighted by atomic mass is 16.1. The lowest BCUT2D eigenvalue weighted by atomic mass is 10.1. The van der Waals surface area contributed by atoms with Crippen molar-refractivity contribution in [3.63, 3.8) is 0 Å². The van der Waals surface area contributed by atoms with Gasteiger partial charge in [0.25, 0.3) is 0 Å². The third-order valence-electron chi connectivity index (χ3n) is 3.14. The van der Waals surface area contributed by atoms with Crippen LogP contribution < -0.4 is 0 Å². The summed E-state index contributed by atoms with van der Waals surface area (Å²) < 4.78 is 0. The maximum Gasteiger partial charge on any atom is 0.312 e. The lowest BCUT2D eigenvalue weighted by molar-refractivity contribution is 0.265. The molecule has 0 saturated heterocycles. The fourth-order valence-electron chi connectivity index (χ4n) is 2.20. The lowest BCUT2D eigenvalue weighted by Gasteiger charge is -2.26. The first kappa shape index (κ1) is 11.5. The molecule has 0 N–H and O–H groups in total. The molecule has 1 fully saturated rings. The van der Waals surface area contributed by atoms with Gasteiger partial charge in [0.1, 0.15) is 0 Å². The Balaban J connectivity index is 2.36. The fraction of sp³-hybridized carbons (Fsp3) is 0.917. The van der Waals surface area contributed by atoms with E-state index in [0.29, 0.717) is 6.04 Å². The van der Waals surface area contributed by atoms with E-state index in [0.717, 1.165) is 19.4 Å². The Bertz CT molecular complexity index is 150. The van der Waals surface area contributed by atoms with Crippen LogP contribution in [-0.4, -0.2) is 23.9 Å². The predicted molar refractivity (Wildman–Crippen MR) is 58.8 cm³/mol. The first-order valence-electron chi connectivity index (χ1n) is 6.03. The Labute approximate surface area is 87.7 Å². The second-order valence-electron chi connectivity index (χ2n) is 4.28. The Morgan fingerprint density at radius 3 is 2.36 bits per heavy atom. The highest BCUT2D eigenvalue weighted by Gasteiger charge is 2.18. The van der Waals surface area contributed by atoms with Crippen LogP contribution >= 0.6 is 0 Å². The summed E-state index contributed by atoms with van der Waals surface area (Å²) in [5.41, 5.74) is 0. The number of unbranched alkanes of at least 4 members (excludes halogenated alkanes) is 1. The zero-order valence-electron chi connectivity index (χ0n) is 9.30. The normalized spacial score (nSPS) is 18.9. The van der Waals surface area contributed by atoms with Crippen LogP contribution in [0.3, 0.4) is 0 Å². The first-order valence-corrected chi connectivity index (χ1v) is 6.03. The molecule has 81 valence electrons. The molecule has 0 aliphatic heterocycles. The van der Waals surface area contributed by atoms with Crippen molar-refractivity contribution >= 4 is 6.41 Å². The van der Waals surface area contributed by atoms with Gasteiger partial charge in [-0.2, -0.15) is 0 Å². The van der Waals surface area contributed by atoms with Crippen LogP contribution in [0.2, 0.25) is 0 Å². The van der Waals surface area contributed by atoms with E-state index in [1.165, 1.54) is 38.5 Å². The fourth-order valence-corrected chi connectivity index (χ4v) is 2.20. The number of hydrogen-bond acceptors (Lipinski definition) is 1. The second-order valence-corrected chi connectivity index (χ2v) is 4.28. The molecule has 0 bridgehead atoms. The van der Waals surface area contributed by atoms with Gasteiger partial charge in [-0.3, -0.25) is 4.79 Å². The number of amides is 1. The highest BCUT2D eigenvalue weighted by molar-refractivity contribution is 5.48. The van der Waals surface area contributed by atoms with E-state index >= 15 is 0 Å². The van der Waals surface area contributed by atoms with Crippen LogP contribution in [0.4, 0.5) is 0 Å². The average Bonchev–Trinajstić information content (AvgIpc) is 2.48. The molecule has 2 heteroatoms. The monoisotopic (exact) mass is 196 g/mol. The van der Waals surface area contributed by atoms with E-state index in [4.69, 9.17) is 0 Å². The Kier molecular flexibility index (Phi) is 5.65. The first-order chi connectivity index (χ1) is 6.88. The summed E-state index contributed by atoms with van der Waals surface area (Å²) in [6, 6.07) is 0.488. The zero-order valence-corrected chi connectivity index (χ0v) is 9.30. The van der Waals surface area contributed by atoms with Gasteiger partial charge < -0.3 is 4.90 Å². The topological polar surface area (TPSA) is 20.3 Å². The molecule has 1 rings (SSSR count). The minimum absolute atomic E-state index is 0.488. The molecule has 1 radical (unpaired) electrons. The van der Waals surface area contributed by atoms with Gasteiger partial charge in [-0.25, -0.2) is 0 Å². The third-order valence-corrected chi connectivity index (χ3v) is 3.14. The van der Waals surface area contributed by atoms with Gasteiger partial charge in [0.05, 0.1) is 0 Å². The smallest absolute Gasteiger partial charge is 0.312 e. The van der Waals surface area contributed by atoms with Crippen LogP contribution in [0, 0.1) is 0 Å². The number of rotatable bonds is 5. The van der Waals surface area contributed by atoms with Gasteiger partial charge in [0, 0.05) is 12.6 Å². The molecule has 0 heterocycles. The molecule has 0 aromatic carbocycles. The van der Waals surface area contributed by atoms with Crippen LogP contribution in [0.5, 0.6) is 0 Å². The summed E-state index contributed by atoms with van der Waals surface area (Å²) >= 11 is 0. The summed E-state index contributed by atoms with van der Waals surface area (Å²) in [4.78, 5) is 12.7. The van der Waals surface area contributed by atoms with Crippen molar-refractivity contribution in [2.24, 2.45) is 0 Å². The van der Waals surface area contributed by atoms with Crippen molar-refractivity contribution in [2.75, 3.05) is 6.54 Å². The van der Waals surface area contributed by atoms with Crippen molar-refractivity contribution in [3.8, 4) is 0 Å². The van der Waals surface area contributed by atoms with E-state index < -0.39 is 0 Å². The Hall–Kier alpha value is -0.530. The largest absolute Gasteiger partial charge is 0.331 e. The molecule has 1 aliphatic rings. The summed E-state index contributed by atoms with van der Waals surface area (Å²) in [6.45, 7) is 3.07. The molecule has 2 nitrogen and oxygen atoms in total. The highest BCUT2D eigenvalue weighted by Crippen LogP contribution is 2.21. The van der Waals surface area contributed by atoms with Gasteiger partial charge in [-0.1, -0.05) is 39.0 Å². The van der Waals surface area contributed by atoms with Gasteiger partial charge in [-0.05, 0) is 19.3 Å². The maximum absolute atomic E-state index is 10.8. The maximum atomic E-state index is 10.8. The minimum atomic E-state index is 0.488. The van der Waals surface area contributed by atoms with Crippen LogP contribution in [0.25, 0.3) is 0 Å². The SMILES string of the molecule is CCCCN([C]=O)C1CCCCCC1. The summed E-state index contributed by atoms with van der Waals surface area (Å²) in [5.74, 6) is 0. The summed E-state index contributed by atoms with van der Waals surface area (Å²) in [7, 11) is 0.